The number of aryl methyl sites for hydroxylation is 1. The van der Waals surface area contributed by atoms with Crippen molar-refractivity contribution in [2.45, 2.75) is 13.5 Å². The number of rotatable bonds is 4. The standard InChI is InChI=1S/C16H13BrN2O3/c1-10-2-4-13(22-10)9-19-16(21)12(8-18)6-11-3-5-15(20)14(17)7-11/h2-7,20H,9H2,1H3,(H,19,21). The van der Waals surface area contributed by atoms with Crippen LogP contribution in [-0.4, -0.2) is 11.0 Å². The van der Waals surface area contributed by atoms with Crippen LogP contribution in [0.1, 0.15) is 17.1 Å². The summed E-state index contributed by atoms with van der Waals surface area (Å²) in [5.41, 5.74) is 0.603. The van der Waals surface area contributed by atoms with Crippen molar-refractivity contribution in [1.82, 2.24) is 5.32 Å². The number of aromatic hydroxyl groups is 1. The molecular formula is C16H13BrN2O3. The maximum absolute atomic E-state index is 12.0. The predicted molar refractivity (Wildman–Crippen MR) is 84.7 cm³/mol. The summed E-state index contributed by atoms with van der Waals surface area (Å²) in [5, 5.41) is 21.2. The number of nitrogens with one attached hydrogen (secondary N) is 1. The van der Waals surface area contributed by atoms with Gasteiger partial charge in [-0.15, -0.1) is 0 Å². The molecule has 0 radical (unpaired) electrons. The minimum atomic E-state index is -0.485. The molecule has 6 heteroatoms. The summed E-state index contributed by atoms with van der Waals surface area (Å²) in [7, 11) is 0. The summed E-state index contributed by atoms with van der Waals surface area (Å²) in [6, 6.07) is 10.1. The second-order valence-electron chi connectivity index (χ2n) is 4.58. The van der Waals surface area contributed by atoms with E-state index in [-0.39, 0.29) is 17.9 Å². The van der Waals surface area contributed by atoms with Crippen LogP contribution in [0.25, 0.3) is 6.08 Å². The molecule has 22 heavy (non-hydrogen) atoms. The highest BCUT2D eigenvalue weighted by Gasteiger charge is 2.10. The first-order chi connectivity index (χ1) is 10.5. The van der Waals surface area contributed by atoms with Crippen LogP contribution in [0.5, 0.6) is 5.75 Å². The number of halogens is 1. The lowest BCUT2D eigenvalue weighted by Crippen LogP contribution is -2.23. The third kappa shape index (κ3) is 3.99. The summed E-state index contributed by atoms with van der Waals surface area (Å²) >= 11 is 3.18. The van der Waals surface area contributed by atoms with Crippen molar-refractivity contribution in [3.63, 3.8) is 0 Å². The smallest absolute Gasteiger partial charge is 0.262 e. The van der Waals surface area contributed by atoms with Crippen molar-refractivity contribution in [3.05, 3.63) is 57.5 Å². The van der Waals surface area contributed by atoms with Crippen molar-refractivity contribution in [1.29, 1.82) is 5.26 Å². The average Bonchev–Trinajstić information content (AvgIpc) is 2.91. The third-order valence-corrected chi connectivity index (χ3v) is 3.50. The van der Waals surface area contributed by atoms with E-state index in [0.717, 1.165) is 5.76 Å². The molecule has 0 aliphatic heterocycles. The predicted octanol–water partition coefficient (Wildman–Crippen LogP) is 3.28. The van der Waals surface area contributed by atoms with E-state index in [4.69, 9.17) is 9.68 Å². The molecule has 0 spiro atoms. The van der Waals surface area contributed by atoms with Gasteiger partial charge in [0.2, 0.25) is 0 Å². The zero-order chi connectivity index (χ0) is 16.1. The van der Waals surface area contributed by atoms with Crippen molar-refractivity contribution in [2.24, 2.45) is 0 Å². The fourth-order valence-corrected chi connectivity index (χ4v) is 2.17. The van der Waals surface area contributed by atoms with Crippen LogP contribution >= 0.6 is 15.9 Å². The van der Waals surface area contributed by atoms with Crippen LogP contribution in [-0.2, 0) is 11.3 Å². The van der Waals surface area contributed by atoms with Gasteiger partial charge < -0.3 is 14.8 Å². The Morgan fingerprint density at radius 2 is 2.23 bits per heavy atom. The summed E-state index contributed by atoms with van der Waals surface area (Å²) in [6.45, 7) is 2.03. The average molecular weight is 361 g/mol. The first-order valence-electron chi connectivity index (χ1n) is 6.43. The SMILES string of the molecule is Cc1ccc(CNC(=O)C(C#N)=Cc2ccc(O)c(Br)c2)o1. The van der Waals surface area contributed by atoms with Crippen LogP contribution in [0.15, 0.2) is 44.8 Å². The largest absolute Gasteiger partial charge is 0.507 e. The molecule has 0 fully saturated rings. The first kappa shape index (κ1) is 15.9. The third-order valence-electron chi connectivity index (χ3n) is 2.87. The number of phenols is 1. The van der Waals surface area contributed by atoms with Gasteiger partial charge in [-0.2, -0.15) is 5.26 Å². The molecule has 0 unspecified atom stereocenters. The summed E-state index contributed by atoms with van der Waals surface area (Å²) in [6.07, 6.45) is 1.45. The number of benzene rings is 1. The van der Waals surface area contributed by atoms with Gasteiger partial charge in [0.15, 0.2) is 0 Å². The second-order valence-corrected chi connectivity index (χ2v) is 5.43. The van der Waals surface area contributed by atoms with E-state index in [1.54, 1.807) is 24.3 Å². The lowest BCUT2D eigenvalue weighted by atomic mass is 10.1. The molecule has 5 nitrogen and oxygen atoms in total. The number of carbonyl (C=O) groups excluding carboxylic acids is 1. The summed E-state index contributed by atoms with van der Waals surface area (Å²) < 4.78 is 5.83. The fourth-order valence-electron chi connectivity index (χ4n) is 1.77. The Hall–Kier alpha value is -2.52. The van der Waals surface area contributed by atoms with Gasteiger partial charge in [-0.05, 0) is 58.8 Å². The van der Waals surface area contributed by atoms with Gasteiger partial charge in [0.25, 0.3) is 5.91 Å². The molecule has 2 N–H and O–H groups in total. The van der Waals surface area contributed by atoms with Gasteiger partial charge in [0.1, 0.15) is 28.9 Å². The fraction of sp³-hybridized carbons (Fsp3) is 0.125. The highest BCUT2D eigenvalue weighted by atomic mass is 79.9. The minimum absolute atomic E-state index is 0.0270. The van der Waals surface area contributed by atoms with E-state index in [2.05, 4.69) is 21.2 Å². The number of amides is 1. The van der Waals surface area contributed by atoms with Crippen molar-refractivity contribution >= 4 is 27.9 Å². The molecule has 1 heterocycles. The van der Waals surface area contributed by atoms with Crippen molar-refractivity contribution < 1.29 is 14.3 Å². The minimum Gasteiger partial charge on any atom is -0.507 e. The maximum atomic E-state index is 12.0. The Balaban J connectivity index is 2.09. The maximum Gasteiger partial charge on any atom is 0.262 e. The Morgan fingerprint density at radius 3 is 2.82 bits per heavy atom. The quantitative estimate of drug-likeness (QED) is 0.646. The molecule has 0 aliphatic rings. The highest BCUT2D eigenvalue weighted by Crippen LogP contribution is 2.25. The van der Waals surface area contributed by atoms with E-state index < -0.39 is 5.91 Å². The van der Waals surface area contributed by atoms with Crippen LogP contribution in [0, 0.1) is 18.3 Å². The lowest BCUT2D eigenvalue weighted by molar-refractivity contribution is -0.117. The number of hydrogen-bond acceptors (Lipinski definition) is 4. The lowest BCUT2D eigenvalue weighted by Gasteiger charge is -2.03. The number of nitriles is 1. The normalized spacial score (nSPS) is 11.0. The Bertz CT molecular complexity index is 772. The second kappa shape index (κ2) is 6.96. The van der Waals surface area contributed by atoms with Crippen LogP contribution in [0.2, 0.25) is 0 Å². The van der Waals surface area contributed by atoms with Gasteiger partial charge >= 0.3 is 0 Å². The molecule has 0 atom stereocenters. The zero-order valence-electron chi connectivity index (χ0n) is 11.8. The van der Waals surface area contributed by atoms with Gasteiger partial charge in [-0.25, -0.2) is 0 Å². The molecule has 112 valence electrons. The van der Waals surface area contributed by atoms with Crippen molar-refractivity contribution in [2.75, 3.05) is 0 Å². The molecule has 1 aromatic heterocycles. The molecule has 1 aromatic carbocycles. The molecule has 2 aromatic rings. The molecule has 0 saturated heterocycles. The first-order valence-corrected chi connectivity index (χ1v) is 7.22. The zero-order valence-corrected chi connectivity index (χ0v) is 13.3. The summed E-state index contributed by atoms with van der Waals surface area (Å²) in [4.78, 5) is 12.0. The van der Waals surface area contributed by atoms with E-state index in [9.17, 15) is 9.90 Å². The van der Waals surface area contributed by atoms with Crippen LogP contribution < -0.4 is 5.32 Å². The molecule has 1 amide bonds. The number of phenolic OH excluding ortho intramolecular Hbond substituents is 1. The van der Waals surface area contributed by atoms with Crippen LogP contribution in [0.3, 0.4) is 0 Å². The molecule has 0 saturated carbocycles. The summed E-state index contributed by atoms with van der Waals surface area (Å²) in [5.74, 6) is 0.985. The molecular weight excluding hydrogens is 348 g/mol. The van der Waals surface area contributed by atoms with E-state index >= 15 is 0 Å². The van der Waals surface area contributed by atoms with E-state index in [1.165, 1.54) is 12.1 Å². The molecule has 2 rings (SSSR count). The Kier molecular flexibility index (Phi) is 5.02. The van der Waals surface area contributed by atoms with Gasteiger partial charge in [0.05, 0.1) is 11.0 Å². The van der Waals surface area contributed by atoms with Gasteiger partial charge in [0, 0.05) is 0 Å². The molecule has 0 bridgehead atoms. The number of nitrogens with zero attached hydrogens (tertiary/aromatic N) is 1. The van der Waals surface area contributed by atoms with E-state index in [0.29, 0.717) is 15.8 Å². The highest BCUT2D eigenvalue weighted by molar-refractivity contribution is 9.10. The number of hydrogen-bond donors (Lipinski definition) is 2. The molecule has 0 aliphatic carbocycles. The van der Waals surface area contributed by atoms with Crippen LogP contribution in [0.4, 0.5) is 0 Å². The number of furan rings is 1. The van der Waals surface area contributed by atoms with Gasteiger partial charge in [-0.1, -0.05) is 6.07 Å². The van der Waals surface area contributed by atoms with E-state index in [1.807, 2.05) is 13.0 Å². The monoisotopic (exact) mass is 360 g/mol. The van der Waals surface area contributed by atoms with Crippen molar-refractivity contribution in [3.8, 4) is 11.8 Å². The Labute approximate surface area is 136 Å². The Morgan fingerprint density at radius 1 is 1.45 bits per heavy atom. The topological polar surface area (TPSA) is 86.3 Å². The number of carbonyl (C=O) groups is 1. The van der Waals surface area contributed by atoms with Gasteiger partial charge in [-0.3, -0.25) is 4.79 Å².